The first-order chi connectivity index (χ1) is 15.9. The first-order valence-electron chi connectivity index (χ1n) is 11.3. The van der Waals surface area contributed by atoms with Crippen LogP contribution in [-0.2, 0) is 0 Å². The van der Waals surface area contributed by atoms with Crippen molar-refractivity contribution in [2.45, 2.75) is 41.0 Å². The van der Waals surface area contributed by atoms with Gasteiger partial charge in [0.15, 0.2) is 5.82 Å². The largest absolute Gasteiger partial charge is 0.302 e. The minimum Gasteiger partial charge on any atom is -0.302 e. The normalized spacial score (nSPS) is 12.8. The number of nitrogens with zero attached hydrogens (tertiary/aromatic N) is 3. The van der Waals surface area contributed by atoms with Gasteiger partial charge in [-0.15, -0.1) is 5.10 Å². The molecule has 0 amide bonds. The van der Waals surface area contributed by atoms with Crippen LogP contribution < -0.4 is 5.56 Å². The van der Waals surface area contributed by atoms with Crippen LogP contribution in [-0.4, -0.2) is 20.8 Å². The molecule has 0 bridgehead atoms. The van der Waals surface area contributed by atoms with E-state index >= 15 is 0 Å². The first kappa shape index (κ1) is 23.9. The van der Waals surface area contributed by atoms with Crippen molar-refractivity contribution in [2.75, 3.05) is 0 Å². The third-order valence-electron chi connectivity index (χ3n) is 5.21. The molecule has 3 rings (SSSR count). The Morgan fingerprint density at radius 2 is 2.00 bits per heavy atom. The molecule has 2 heterocycles. The molecule has 0 saturated heterocycles. The molecule has 170 valence electrons. The van der Waals surface area contributed by atoms with Gasteiger partial charge in [0, 0.05) is 23.5 Å². The fourth-order valence-electron chi connectivity index (χ4n) is 3.58. The highest BCUT2D eigenvalue weighted by molar-refractivity contribution is 5.93. The average molecular weight is 441 g/mol. The summed E-state index contributed by atoms with van der Waals surface area (Å²) in [5.41, 5.74) is 5.47. The number of allylic oxidation sites excluding steroid dienone is 6. The van der Waals surface area contributed by atoms with Gasteiger partial charge in [-0.1, -0.05) is 82.0 Å². The van der Waals surface area contributed by atoms with Crippen molar-refractivity contribution in [1.82, 2.24) is 14.6 Å². The van der Waals surface area contributed by atoms with Gasteiger partial charge in [-0.05, 0) is 42.9 Å². The number of aliphatic imine (C=N–C) groups is 1. The highest BCUT2D eigenvalue weighted by Gasteiger charge is 2.20. The topological polar surface area (TPSA) is 62.5 Å². The van der Waals surface area contributed by atoms with Gasteiger partial charge in [0.2, 0.25) is 0 Å². The molecule has 0 atom stereocenters. The quantitative estimate of drug-likeness (QED) is 0.316. The number of hydrogen-bond acceptors (Lipinski definition) is 3. The van der Waals surface area contributed by atoms with Crippen LogP contribution in [0.15, 0.2) is 77.2 Å². The molecule has 0 aliphatic heterocycles. The van der Waals surface area contributed by atoms with Crippen LogP contribution in [0.3, 0.4) is 0 Å². The highest BCUT2D eigenvalue weighted by Crippen LogP contribution is 2.34. The van der Waals surface area contributed by atoms with E-state index < -0.39 is 0 Å². The van der Waals surface area contributed by atoms with E-state index in [0.717, 1.165) is 34.2 Å². The molecule has 0 fully saturated rings. The molecule has 1 N–H and O–H groups in total. The lowest BCUT2D eigenvalue weighted by Gasteiger charge is -2.08. The summed E-state index contributed by atoms with van der Waals surface area (Å²) in [6.45, 7) is 14.4. The number of aryl methyl sites for hydroxylation is 1. The van der Waals surface area contributed by atoms with Gasteiger partial charge in [0.1, 0.15) is 11.2 Å². The van der Waals surface area contributed by atoms with Crippen LogP contribution >= 0.6 is 0 Å². The monoisotopic (exact) mass is 440 g/mol. The fourth-order valence-corrected chi connectivity index (χ4v) is 3.58. The number of aromatic nitrogens is 3. The highest BCUT2D eigenvalue weighted by atomic mass is 16.1. The lowest BCUT2D eigenvalue weighted by Crippen LogP contribution is -2.16. The molecule has 1 aromatic carbocycles. The Bertz CT molecular complexity index is 1330. The summed E-state index contributed by atoms with van der Waals surface area (Å²) < 4.78 is 1.65. The van der Waals surface area contributed by atoms with Crippen molar-refractivity contribution >= 4 is 23.0 Å². The van der Waals surface area contributed by atoms with Crippen molar-refractivity contribution in [3.05, 3.63) is 94.7 Å². The van der Waals surface area contributed by atoms with Crippen molar-refractivity contribution in [2.24, 2.45) is 10.9 Å². The SMILES string of the molecule is C=C(/C=C\C=C/CC)c1c(-c2ccccc2C)cn2nc(/C(=C/C)N=CC(C)C)[nH]c(=O)c12. The Kier molecular flexibility index (Phi) is 7.78. The van der Waals surface area contributed by atoms with Crippen molar-refractivity contribution in [1.29, 1.82) is 0 Å². The molecule has 3 aromatic rings. The van der Waals surface area contributed by atoms with Crippen LogP contribution in [0, 0.1) is 12.8 Å². The number of aromatic amines is 1. The minimum atomic E-state index is -0.229. The maximum absolute atomic E-state index is 13.3. The predicted octanol–water partition coefficient (Wildman–Crippen LogP) is 6.62. The van der Waals surface area contributed by atoms with E-state index in [9.17, 15) is 4.79 Å². The van der Waals surface area contributed by atoms with Gasteiger partial charge in [-0.25, -0.2) is 4.52 Å². The molecule has 5 heteroatoms. The van der Waals surface area contributed by atoms with Crippen molar-refractivity contribution in [3.63, 3.8) is 0 Å². The second kappa shape index (κ2) is 10.7. The third kappa shape index (κ3) is 5.37. The summed E-state index contributed by atoms with van der Waals surface area (Å²) in [7, 11) is 0. The van der Waals surface area contributed by atoms with Gasteiger partial charge < -0.3 is 4.98 Å². The minimum absolute atomic E-state index is 0.229. The molecule has 5 nitrogen and oxygen atoms in total. The molecule has 0 saturated carbocycles. The molecular formula is C28H32N4O. The van der Waals surface area contributed by atoms with Gasteiger partial charge in [-0.3, -0.25) is 9.79 Å². The van der Waals surface area contributed by atoms with Crippen LogP contribution in [0.5, 0.6) is 0 Å². The smallest absolute Gasteiger partial charge is 0.276 e. The van der Waals surface area contributed by atoms with E-state index in [2.05, 4.69) is 62.5 Å². The van der Waals surface area contributed by atoms with Crippen LogP contribution in [0.1, 0.15) is 51.1 Å². The predicted molar refractivity (Wildman–Crippen MR) is 141 cm³/mol. The van der Waals surface area contributed by atoms with E-state index in [0.29, 0.717) is 17.0 Å². The first-order valence-corrected chi connectivity index (χ1v) is 11.3. The van der Waals surface area contributed by atoms with E-state index in [1.165, 1.54) is 0 Å². The fraction of sp³-hybridized carbons (Fsp3) is 0.250. The number of benzene rings is 1. The van der Waals surface area contributed by atoms with Crippen LogP contribution in [0.25, 0.3) is 27.9 Å². The second-order valence-electron chi connectivity index (χ2n) is 8.25. The zero-order chi connectivity index (χ0) is 24.0. The standard InChI is InChI=1S/C28H32N4O/c1-7-9-10-11-15-21(6)25-23(22-16-13-12-14-20(22)5)18-32-26(25)28(33)30-27(31-32)24(8-2)29-17-19(3)4/h8-19H,6-7H2,1-5H3,(H,30,31,33)/b10-9-,15-11-,24-8-,29-17?. The Morgan fingerprint density at radius 3 is 2.67 bits per heavy atom. The second-order valence-corrected chi connectivity index (χ2v) is 8.25. The van der Waals surface area contributed by atoms with E-state index in [-0.39, 0.29) is 11.5 Å². The van der Waals surface area contributed by atoms with Crippen LogP contribution in [0.2, 0.25) is 0 Å². The number of nitrogens with one attached hydrogen (secondary N) is 1. The van der Waals surface area contributed by atoms with Gasteiger partial charge in [0.25, 0.3) is 5.56 Å². The maximum atomic E-state index is 13.3. The molecule has 33 heavy (non-hydrogen) atoms. The lowest BCUT2D eigenvalue weighted by molar-refractivity contribution is 0.864. The van der Waals surface area contributed by atoms with Gasteiger partial charge in [0.05, 0.1) is 0 Å². The maximum Gasteiger partial charge on any atom is 0.276 e. The third-order valence-corrected chi connectivity index (χ3v) is 5.21. The van der Waals surface area contributed by atoms with Crippen molar-refractivity contribution < 1.29 is 0 Å². The summed E-state index contributed by atoms with van der Waals surface area (Å²) in [5, 5.41) is 4.71. The summed E-state index contributed by atoms with van der Waals surface area (Å²) in [4.78, 5) is 20.8. The zero-order valence-electron chi connectivity index (χ0n) is 20.1. The van der Waals surface area contributed by atoms with Crippen molar-refractivity contribution in [3.8, 4) is 11.1 Å². The van der Waals surface area contributed by atoms with Crippen LogP contribution in [0.4, 0.5) is 0 Å². The van der Waals surface area contributed by atoms with Gasteiger partial charge in [-0.2, -0.15) is 0 Å². The average Bonchev–Trinajstić information content (AvgIpc) is 3.17. The Morgan fingerprint density at radius 1 is 1.24 bits per heavy atom. The summed E-state index contributed by atoms with van der Waals surface area (Å²) in [5.74, 6) is 0.718. The van der Waals surface area contributed by atoms with E-state index in [1.54, 1.807) is 4.52 Å². The summed E-state index contributed by atoms with van der Waals surface area (Å²) >= 11 is 0. The molecular weight excluding hydrogens is 408 g/mol. The number of fused-ring (bicyclic) bond motifs is 1. The molecule has 2 aromatic heterocycles. The summed E-state index contributed by atoms with van der Waals surface area (Å²) in [6, 6.07) is 8.12. The zero-order valence-corrected chi connectivity index (χ0v) is 20.1. The molecule has 0 unspecified atom stereocenters. The molecule has 0 spiro atoms. The van der Waals surface area contributed by atoms with E-state index in [1.807, 2.05) is 55.8 Å². The molecule has 0 aliphatic rings. The Hall–Kier alpha value is -3.73. The molecule has 0 radical (unpaired) electrons. The number of rotatable bonds is 8. The molecule has 0 aliphatic carbocycles. The lowest BCUT2D eigenvalue weighted by atomic mass is 9.95. The number of hydrogen-bond donors (Lipinski definition) is 1. The number of H-pyrrole nitrogens is 1. The Balaban J connectivity index is 2.26. The summed E-state index contributed by atoms with van der Waals surface area (Å²) in [6.07, 6.45) is 14.5. The van der Waals surface area contributed by atoms with Gasteiger partial charge >= 0.3 is 0 Å². The van der Waals surface area contributed by atoms with E-state index in [4.69, 9.17) is 5.10 Å². The Labute approximate surface area is 195 Å².